The van der Waals surface area contributed by atoms with Crippen molar-refractivity contribution in [2.75, 3.05) is 30.4 Å². The van der Waals surface area contributed by atoms with Crippen LogP contribution in [0.3, 0.4) is 0 Å². The van der Waals surface area contributed by atoms with Gasteiger partial charge in [0, 0.05) is 31.4 Å². The summed E-state index contributed by atoms with van der Waals surface area (Å²) < 4.78 is 0. The first-order valence-corrected chi connectivity index (χ1v) is 6.98. The van der Waals surface area contributed by atoms with Gasteiger partial charge >= 0.3 is 0 Å². The molecule has 3 N–H and O–H groups in total. The second kappa shape index (κ2) is 6.06. The standard InChI is InChI=1S/C15H23N3O/c1-3-11(9-16)10-18(2)13-5-6-14-12(8-13)4-7-15(19)17-14/h5-6,8,11H,3-4,7,9-10,16H2,1-2H3,(H,17,19). The van der Waals surface area contributed by atoms with Crippen LogP contribution in [0.25, 0.3) is 0 Å². The van der Waals surface area contributed by atoms with Crippen LogP contribution in [0.15, 0.2) is 18.2 Å². The van der Waals surface area contributed by atoms with Crippen LogP contribution in [0.5, 0.6) is 0 Å². The molecule has 0 saturated carbocycles. The number of hydrogen-bond donors (Lipinski definition) is 2. The predicted molar refractivity (Wildman–Crippen MR) is 79.5 cm³/mol. The molecule has 19 heavy (non-hydrogen) atoms. The first kappa shape index (κ1) is 13.9. The molecule has 1 unspecified atom stereocenters. The van der Waals surface area contributed by atoms with E-state index in [-0.39, 0.29) is 5.91 Å². The van der Waals surface area contributed by atoms with Crippen molar-refractivity contribution in [1.82, 2.24) is 0 Å². The predicted octanol–water partition coefficient (Wildman–Crippen LogP) is 1.99. The van der Waals surface area contributed by atoms with Gasteiger partial charge in [0.25, 0.3) is 0 Å². The average Bonchev–Trinajstić information content (AvgIpc) is 2.43. The summed E-state index contributed by atoms with van der Waals surface area (Å²) in [5.74, 6) is 0.642. The van der Waals surface area contributed by atoms with Crippen LogP contribution in [0.4, 0.5) is 11.4 Å². The molecule has 1 aliphatic rings. The number of hydrogen-bond acceptors (Lipinski definition) is 3. The van der Waals surface area contributed by atoms with Gasteiger partial charge < -0.3 is 16.0 Å². The third-order valence-corrected chi connectivity index (χ3v) is 3.87. The van der Waals surface area contributed by atoms with Crippen LogP contribution < -0.4 is 16.0 Å². The molecule has 1 aromatic carbocycles. The molecular formula is C15H23N3O. The van der Waals surface area contributed by atoms with E-state index in [1.807, 2.05) is 6.07 Å². The Morgan fingerprint density at radius 2 is 2.21 bits per heavy atom. The van der Waals surface area contributed by atoms with E-state index < -0.39 is 0 Å². The first-order valence-electron chi connectivity index (χ1n) is 6.98. The summed E-state index contributed by atoms with van der Waals surface area (Å²) >= 11 is 0. The summed E-state index contributed by atoms with van der Waals surface area (Å²) in [6.45, 7) is 3.87. The van der Waals surface area contributed by atoms with Crippen molar-refractivity contribution >= 4 is 17.3 Å². The number of amides is 1. The third-order valence-electron chi connectivity index (χ3n) is 3.87. The Hall–Kier alpha value is -1.55. The van der Waals surface area contributed by atoms with Crippen LogP contribution in [0.1, 0.15) is 25.3 Å². The molecule has 0 bridgehead atoms. The lowest BCUT2D eigenvalue weighted by atomic mass is 10.0. The molecule has 4 heteroatoms. The van der Waals surface area contributed by atoms with E-state index >= 15 is 0 Å². The fourth-order valence-electron chi connectivity index (χ4n) is 2.47. The number of anilines is 2. The molecule has 104 valence electrons. The molecule has 1 heterocycles. The molecule has 0 radical (unpaired) electrons. The maximum absolute atomic E-state index is 11.3. The normalized spacial score (nSPS) is 15.6. The van der Waals surface area contributed by atoms with Crippen LogP contribution >= 0.6 is 0 Å². The molecule has 0 aliphatic carbocycles. The van der Waals surface area contributed by atoms with Gasteiger partial charge in [0.2, 0.25) is 5.91 Å². The van der Waals surface area contributed by atoms with Crippen LogP contribution in [0, 0.1) is 5.92 Å². The second-order valence-corrected chi connectivity index (χ2v) is 5.28. The molecule has 0 saturated heterocycles. The lowest BCUT2D eigenvalue weighted by Crippen LogP contribution is -2.30. The maximum atomic E-state index is 11.3. The summed E-state index contributed by atoms with van der Waals surface area (Å²) in [7, 11) is 2.10. The molecule has 1 aromatic rings. The SMILES string of the molecule is CCC(CN)CN(C)c1ccc2c(c1)CCC(=O)N2. The molecule has 1 atom stereocenters. The summed E-state index contributed by atoms with van der Waals surface area (Å²) in [5.41, 5.74) is 9.14. The van der Waals surface area contributed by atoms with E-state index in [2.05, 4.69) is 36.3 Å². The quantitative estimate of drug-likeness (QED) is 0.852. The van der Waals surface area contributed by atoms with Crippen molar-refractivity contribution in [2.24, 2.45) is 11.7 Å². The van der Waals surface area contributed by atoms with E-state index in [1.165, 1.54) is 11.3 Å². The summed E-state index contributed by atoms with van der Waals surface area (Å²) in [6, 6.07) is 6.24. The molecule has 1 aliphatic heterocycles. The fourth-order valence-corrected chi connectivity index (χ4v) is 2.47. The number of rotatable bonds is 5. The Balaban J connectivity index is 2.11. The Bertz CT molecular complexity index is 455. The van der Waals surface area contributed by atoms with E-state index in [9.17, 15) is 4.79 Å². The Labute approximate surface area is 115 Å². The minimum atomic E-state index is 0.114. The fraction of sp³-hybridized carbons (Fsp3) is 0.533. The molecule has 0 spiro atoms. The van der Waals surface area contributed by atoms with Gasteiger partial charge in [-0.1, -0.05) is 13.3 Å². The van der Waals surface area contributed by atoms with Crippen LogP contribution in [-0.4, -0.2) is 26.0 Å². The maximum Gasteiger partial charge on any atom is 0.224 e. The van der Waals surface area contributed by atoms with Crippen LogP contribution in [0.2, 0.25) is 0 Å². The number of fused-ring (bicyclic) bond motifs is 1. The Kier molecular flexibility index (Phi) is 4.43. The summed E-state index contributed by atoms with van der Waals surface area (Å²) in [5, 5.41) is 2.91. The van der Waals surface area contributed by atoms with Gasteiger partial charge in [-0.05, 0) is 42.6 Å². The van der Waals surface area contributed by atoms with Gasteiger partial charge in [-0.3, -0.25) is 4.79 Å². The van der Waals surface area contributed by atoms with E-state index in [4.69, 9.17) is 5.73 Å². The van der Waals surface area contributed by atoms with Crippen molar-refractivity contribution in [1.29, 1.82) is 0 Å². The number of nitrogens with one attached hydrogen (secondary N) is 1. The molecule has 4 nitrogen and oxygen atoms in total. The Morgan fingerprint density at radius 3 is 2.89 bits per heavy atom. The number of carbonyl (C=O) groups is 1. The van der Waals surface area contributed by atoms with Gasteiger partial charge in [0.15, 0.2) is 0 Å². The van der Waals surface area contributed by atoms with E-state index in [0.717, 1.165) is 31.6 Å². The van der Waals surface area contributed by atoms with Gasteiger partial charge in [0.1, 0.15) is 0 Å². The zero-order valence-corrected chi connectivity index (χ0v) is 11.8. The zero-order valence-electron chi connectivity index (χ0n) is 11.8. The van der Waals surface area contributed by atoms with Gasteiger partial charge in [-0.25, -0.2) is 0 Å². The highest BCUT2D eigenvalue weighted by molar-refractivity contribution is 5.94. The number of nitrogens with two attached hydrogens (primary N) is 1. The number of aryl methyl sites for hydroxylation is 1. The highest BCUT2D eigenvalue weighted by Crippen LogP contribution is 2.27. The lowest BCUT2D eigenvalue weighted by Gasteiger charge is -2.26. The molecule has 0 fully saturated rings. The Morgan fingerprint density at radius 1 is 1.42 bits per heavy atom. The van der Waals surface area contributed by atoms with Gasteiger partial charge in [-0.15, -0.1) is 0 Å². The van der Waals surface area contributed by atoms with Crippen LogP contribution in [-0.2, 0) is 11.2 Å². The average molecular weight is 261 g/mol. The van der Waals surface area contributed by atoms with Gasteiger partial charge in [0.05, 0.1) is 0 Å². The van der Waals surface area contributed by atoms with Crippen molar-refractivity contribution in [3.8, 4) is 0 Å². The highest BCUT2D eigenvalue weighted by atomic mass is 16.1. The minimum Gasteiger partial charge on any atom is -0.374 e. The topological polar surface area (TPSA) is 58.4 Å². The van der Waals surface area contributed by atoms with Crippen molar-refractivity contribution in [3.05, 3.63) is 23.8 Å². The largest absolute Gasteiger partial charge is 0.374 e. The third kappa shape index (κ3) is 3.26. The van der Waals surface area contributed by atoms with Crippen molar-refractivity contribution in [2.45, 2.75) is 26.2 Å². The summed E-state index contributed by atoms with van der Waals surface area (Å²) in [4.78, 5) is 13.6. The van der Waals surface area contributed by atoms with Gasteiger partial charge in [-0.2, -0.15) is 0 Å². The minimum absolute atomic E-state index is 0.114. The smallest absolute Gasteiger partial charge is 0.224 e. The lowest BCUT2D eigenvalue weighted by molar-refractivity contribution is -0.116. The first-order chi connectivity index (χ1) is 9.13. The molecule has 1 amide bonds. The molecular weight excluding hydrogens is 238 g/mol. The highest BCUT2D eigenvalue weighted by Gasteiger charge is 2.16. The van der Waals surface area contributed by atoms with Crippen molar-refractivity contribution in [3.63, 3.8) is 0 Å². The second-order valence-electron chi connectivity index (χ2n) is 5.28. The monoisotopic (exact) mass is 261 g/mol. The number of nitrogens with zero attached hydrogens (tertiary/aromatic N) is 1. The van der Waals surface area contributed by atoms with Crippen molar-refractivity contribution < 1.29 is 4.79 Å². The molecule has 0 aromatic heterocycles. The number of carbonyl (C=O) groups excluding carboxylic acids is 1. The number of benzene rings is 1. The molecule has 2 rings (SSSR count). The zero-order chi connectivity index (χ0) is 13.8. The van der Waals surface area contributed by atoms with E-state index in [1.54, 1.807) is 0 Å². The summed E-state index contributed by atoms with van der Waals surface area (Å²) in [6.07, 6.45) is 2.51. The van der Waals surface area contributed by atoms with E-state index in [0.29, 0.717) is 12.3 Å².